The predicted octanol–water partition coefficient (Wildman–Crippen LogP) is 3.29. The van der Waals surface area contributed by atoms with Crippen molar-refractivity contribution < 1.29 is 4.79 Å². The molecular weight excluding hydrogens is 260 g/mol. The molecule has 0 aliphatic rings. The van der Waals surface area contributed by atoms with E-state index >= 15 is 0 Å². The van der Waals surface area contributed by atoms with Crippen molar-refractivity contribution in [2.75, 3.05) is 0 Å². The van der Waals surface area contributed by atoms with Crippen molar-refractivity contribution in [3.05, 3.63) is 78.1 Å². The second-order valence-electron chi connectivity index (χ2n) is 5.30. The smallest absolute Gasteiger partial charge is 0.187 e. The molecule has 0 saturated carbocycles. The monoisotopic (exact) mass is 276 g/mol. The van der Waals surface area contributed by atoms with Gasteiger partial charge in [0.15, 0.2) is 5.78 Å². The van der Waals surface area contributed by atoms with Gasteiger partial charge in [0.05, 0.1) is 0 Å². The lowest BCUT2D eigenvalue weighted by Gasteiger charge is -2.24. The first-order valence-electron chi connectivity index (χ1n) is 6.82. The summed E-state index contributed by atoms with van der Waals surface area (Å²) in [6.45, 7) is 1.75. The minimum Gasteiger partial charge on any atom is -0.315 e. The Morgan fingerprint density at radius 3 is 2.57 bits per heavy atom. The molecular formula is C18H16N2O. The van der Waals surface area contributed by atoms with E-state index in [1.165, 1.54) is 0 Å². The van der Waals surface area contributed by atoms with Crippen molar-refractivity contribution in [1.29, 1.82) is 0 Å². The van der Waals surface area contributed by atoms with Gasteiger partial charge in [-0.25, -0.2) is 0 Å². The minimum absolute atomic E-state index is 0.104. The van der Waals surface area contributed by atoms with Crippen LogP contribution in [0, 0.1) is 0 Å². The first-order chi connectivity index (χ1) is 10.1. The highest BCUT2D eigenvalue weighted by molar-refractivity contribution is 6.12. The number of pyridine rings is 1. The molecule has 3 aromatic rings. The van der Waals surface area contributed by atoms with Crippen LogP contribution in [0.4, 0.5) is 0 Å². The second kappa shape index (κ2) is 5.11. The highest BCUT2D eigenvalue weighted by Gasteiger charge is 2.32. The van der Waals surface area contributed by atoms with Gasteiger partial charge >= 0.3 is 0 Å². The molecule has 0 aliphatic heterocycles. The van der Waals surface area contributed by atoms with Crippen molar-refractivity contribution in [2.24, 2.45) is 5.73 Å². The molecule has 1 atom stereocenters. The van der Waals surface area contributed by atoms with Crippen molar-refractivity contribution in [3.63, 3.8) is 0 Å². The molecule has 3 heteroatoms. The summed E-state index contributed by atoms with van der Waals surface area (Å²) in [4.78, 5) is 17.0. The fourth-order valence-electron chi connectivity index (χ4n) is 2.51. The van der Waals surface area contributed by atoms with Crippen LogP contribution in [-0.2, 0) is 5.54 Å². The van der Waals surface area contributed by atoms with Crippen molar-refractivity contribution >= 4 is 16.6 Å². The lowest BCUT2D eigenvalue weighted by molar-refractivity contribution is 0.0901. The zero-order valence-corrected chi connectivity index (χ0v) is 11.8. The molecule has 2 aromatic carbocycles. The summed E-state index contributed by atoms with van der Waals surface area (Å²) in [7, 11) is 0. The summed E-state index contributed by atoms with van der Waals surface area (Å²) in [5.41, 5.74) is 6.68. The lowest BCUT2D eigenvalue weighted by atomic mass is 9.84. The van der Waals surface area contributed by atoms with E-state index in [9.17, 15) is 4.79 Å². The third-order valence-corrected chi connectivity index (χ3v) is 3.77. The quantitative estimate of drug-likeness (QED) is 0.747. The molecule has 3 nitrogen and oxygen atoms in total. The van der Waals surface area contributed by atoms with Gasteiger partial charge in [-0.05, 0) is 23.9 Å². The van der Waals surface area contributed by atoms with Crippen LogP contribution in [0.2, 0.25) is 0 Å². The Balaban J connectivity index is 2.13. The maximum absolute atomic E-state index is 12.9. The molecule has 2 N–H and O–H groups in total. The van der Waals surface area contributed by atoms with Gasteiger partial charge in [0.2, 0.25) is 0 Å². The van der Waals surface area contributed by atoms with E-state index in [4.69, 9.17) is 5.73 Å². The molecule has 0 radical (unpaired) electrons. The Morgan fingerprint density at radius 2 is 1.81 bits per heavy atom. The number of fused-ring (bicyclic) bond motifs is 1. The summed E-state index contributed by atoms with van der Waals surface area (Å²) in [5, 5.41) is 1.82. The SMILES string of the molecule is CC(N)(C(=O)c1cccc2ccncc12)c1ccccc1. The van der Waals surface area contributed by atoms with E-state index < -0.39 is 5.54 Å². The van der Waals surface area contributed by atoms with Crippen LogP contribution >= 0.6 is 0 Å². The number of Topliss-reactive ketones (excluding diaryl/α,β-unsaturated/α-hetero) is 1. The first kappa shape index (κ1) is 13.5. The third kappa shape index (κ3) is 2.32. The van der Waals surface area contributed by atoms with Crippen LogP contribution in [0.5, 0.6) is 0 Å². The average molecular weight is 276 g/mol. The van der Waals surface area contributed by atoms with Crippen LogP contribution in [0.15, 0.2) is 67.0 Å². The number of nitrogens with two attached hydrogens (primary N) is 1. The standard InChI is InChI=1S/C18H16N2O/c1-18(19,14-7-3-2-4-8-14)17(21)15-9-5-6-13-10-11-20-12-16(13)15/h2-12H,19H2,1H3. The van der Waals surface area contributed by atoms with Gasteiger partial charge in [0.25, 0.3) is 0 Å². The molecule has 0 fully saturated rings. The molecule has 0 saturated heterocycles. The summed E-state index contributed by atoms with van der Waals surface area (Å²) in [6, 6.07) is 17.0. The molecule has 1 heterocycles. The van der Waals surface area contributed by atoms with E-state index in [0.717, 1.165) is 16.3 Å². The maximum atomic E-state index is 12.9. The molecule has 0 spiro atoms. The normalized spacial score (nSPS) is 13.8. The van der Waals surface area contributed by atoms with Gasteiger partial charge in [-0.3, -0.25) is 9.78 Å². The lowest BCUT2D eigenvalue weighted by Crippen LogP contribution is -2.41. The highest BCUT2D eigenvalue weighted by Crippen LogP contribution is 2.26. The van der Waals surface area contributed by atoms with Crippen LogP contribution in [-0.4, -0.2) is 10.8 Å². The van der Waals surface area contributed by atoms with E-state index in [1.807, 2.05) is 48.5 Å². The summed E-state index contributed by atoms with van der Waals surface area (Å²) < 4.78 is 0. The molecule has 21 heavy (non-hydrogen) atoms. The number of aromatic nitrogens is 1. The summed E-state index contributed by atoms with van der Waals surface area (Å²) in [5.74, 6) is -0.104. The number of hydrogen-bond donors (Lipinski definition) is 1. The van der Waals surface area contributed by atoms with Crippen LogP contribution in [0.25, 0.3) is 10.8 Å². The Morgan fingerprint density at radius 1 is 1.05 bits per heavy atom. The van der Waals surface area contributed by atoms with Gasteiger partial charge < -0.3 is 5.73 Å². The van der Waals surface area contributed by atoms with Gasteiger partial charge in [0.1, 0.15) is 5.54 Å². The number of nitrogens with zero attached hydrogens (tertiary/aromatic N) is 1. The zero-order valence-electron chi connectivity index (χ0n) is 11.8. The Labute approximate surface area is 123 Å². The van der Waals surface area contributed by atoms with Gasteiger partial charge in [-0.1, -0.05) is 48.5 Å². The third-order valence-electron chi connectivity index (χ3n) is 3.77. The maximum Gasteiger partial charge on any atom is 0.187 e. The zero-order chi connectivity index (χ0) is 14.9. The fraction of sp³-hybridized carbons (Fsp3) is 0.111. The number of carbonyl (C=O) groups excluding carboxylic acids is 1. The molecule has 0 amide bonds. The minimum atomic E-state index is -1.06. The Kier molecular flexibility index (Phi) is 3.28. The Bertz CT molecular complexity index is 789. The van der Waals surface area contributed by atoms with Gasteiger partial charge in [-0.15, -0.1) is 0 Å². The fourth-order valence-corrected chi connectivity index (χ4v) is 2.51. The van der Waals surface area contributed by atoms with Gasteiger partial charge in [0, 0.05) is 23.3 Å². The van der Waals surface area contributed by atoms with Crippen LogP contribution in [0.3, 0.4) is 0 Å². The first-order valence-corrected chi connectivity index (χ1v) is 6.82. The number of carbonyl (C=O) groups is 1. The molecule has 0 bridgehead atoms. The molecule has 1 aromatic heterocycles. The van der Waals surface area contributed by atoms with Gasteiger partial charge in [-0.2, -0.15) is 0 Å². The molecule has 104 valence electrons. The van der Waals surface area contributed by atoms with Crippen LogP contribution < -0.4 is 5.73 Å². The number of rotatable bonds is 3. The second-order valence-corrected chi connectivity index (χ2v) is 5.30. The van der Waals surface area contributed by atoms with Crippen molar-refractivity contribution in [3.8, 4) is 0 Å². The van der Waals surface area contributed by atoms with E-state index in [1.54, 1.807) is 25.4 Å². The average Bonchev–Trinajstić information content (AvgIpc) is 2.54. The van der Waals surface area contributed by atoms with E-state index in [2.05, 4.69) is 4.98 Å². The topological polar surface area (TPSA) is 56.0 Å². The number of benzene rings is 2. The largest absolute Gasteiger partial charge is 0.315 e. The van der Waals surface area contributed by atoms with E-state index in [0.29, 0.717) is 5.56 Å². The van der Waals surface area contributed by atoms with Crippen molar-refractivity contribution in [2.45, 2.75) is 12.5 Å². The van der Waals surface area contributed by atoms with Crippen LogP contribution in [0.1, 0.15) is 22.8 Å². The Hall–Kier alpha value is -2.52. The number of hydrogen-bond acceptors (Lipinski definition) is 3. The molecule has 3 rings (SSSR count). The molecule has 0 aliphatic carbocycles. The van der Waals surface area contributed by atoms with Crippen molar-refractivity contribution in [1.82, 2.24) is 4.98 Å². The summed E-state index contributed by atoms with van der Waals surface area (Å²) in [6.07, 6.45) is 3.43. The van der Waals surface area contributed by atoms with E-state index in [-0.39, 0.29) is 5.78 Å². The highest BCUT2D eigenvalue weighted by atomic mass is 16.1. The number of ketones is 1. The molecule has 1 unspecified atom stereocenters. The summed E-state index contributed by atoms with van der Waals surface area (Å²) >= 11 is 0. The predicted molar refractivity (Wildman–Crippen MR) is 84.1 cm³/mol.